The highest BCUT2D eigenvalue weighted by Gasteiger charge is 2.51. The molecule has 51 heavy (non-hydrogen) atoms. The molecule has 2 atom stereocenters. The van der Waals surface area contributed by atoms with Crippen LogP contribution < -0.4 is 21.0 Å². The SMILES string of the molecule is COC(=O)C(CCOCC(CCc1ccc2c(n1)NCCC2)O[Si](c1ccccc1)(c1ccccc1)C(C)(C)C)NC(=O)c1c(F)cncc1Cl. The van der Waals surface area contributed by atoms with Crippen molar-refractivity contribution >= 4 is 48.0 Å². The molecule has 9 nitrogen and oxygen atoms in total. The summed E-state index contributed by atoms with van der Waals surface area (Å²) in [5.74, 6) is -1.49. The first-order valence-electron chi connectivity index (χ1n) is 17.3. The number of methoxy groups -OCH3 is 1. The van der Waals surface area contributed by atoms with Crippen molar-refractivity contribution in [3.05, 3.63) is 113 Å². The maximum atomic E-state index is 14.4. The summed E-state index contributed by atoms with van der Waals surface area (Å²) in [6.07, 6.45) is 5.19. The van der Waals surface area contributed by atoms with Crippen LogP contribution in [0.15, 0.2) is 85.2 Å². The maximum absolute atomic E-state index is 14.4. The fourth-order valence-corrected chi connectivity index (χ4v) is 11.5. The highest BCUT2D eigenvalue weighted by Crippen LogP contribution is 2.38. The summed E-state index contributed by atoms with van der Waals surface area (Å²) in [6, 6.07) is 24.0. The lowest BCUT2D eigenvalue weighted by molar-refractivity contribution is -0.143. The van der Waals surface area contributed by atoms with Crippen LogP contribution in [-0.4, -0.2) is 69.2 Å². The topological polar surface area (TPSA) is 112 Å². The van der Waals surface area contributed by atoms with Gasteiger partial charge in [0.1, 0.15) is 11.9 Å². The van der Waals surface area contributed by atoms with Crippen LogP contribution in [0.25, 0.3) is 0 Å². The number of anilines is 1. The number of aryl methyl sites for hydroxylation is 2. The molecule has 4 aromatic rings. The Morgan fingerprint density at radius 2 is 1.69 bits per heavy atom. The van der Waals surface area contributed by atoms with Gasteiger partial charge >= 0.3 is 5.97 Å². The second-order valence-electron chi connectivity index (χ2n) is 13.7. The Hall–Kier alpha value is -4.16. The zero-order chi connectivity index (χ0) is 36.4. The second kappa shape index (κ2) is 17.4. The number of hydrogen-bond donors (Lipinski definition) is 2. The standard InChI is InChI=1S/C39H46ClFN4O5Si/c1-39(2,3)51(30-13-7-5-8-14-30,31-15-9-6-10-16-31)50-29(20-19-28-18-17-27-12-11-22-43-36(27)44-28)26-49-23-21-34(38(47)48-4)45-37(46)35-32(40)24-42-25-33(35)41/h5-10,13-18,24-25,29,34H,11-12,19-23,26H2,1-4H3,(H,43,44)(H,45,46). The summed E-state index contributed by atoms with van der Waals surface area (Å²) in [5.41, 5.74) is 1.80. The number of amides is 1. The van der Waals surface area contributed by atoms with Gasteiger partial charge in [0, 0.05) is 31.5 Å². The summed E-state index contributed by atoms with van der Waals surface area (Å²) in [4.78, 5) is 34.2. The Bertz CT molecular complexity index is 1720. The van der Waals surface area contributed by atoms with E-state index < -0.39 is 37.6 Å². The summed E-state index contributed by atoms with van der Waals surface area (Å²) < 4.78 is 33.1. The van der Waals surface area contributed by atoms with Crippen LogP contribution >= 0.6 is 11.6 Å². The van der Waals surface area contributed by atoms with Crippen LogP contribution in [0.1, 0.15) is 61.6 Å². The van der Waals surface area contributed by atoms with Crippen LogP contribution in [0.2, 0.25) is 10.1 Å². The molecular formula is C39H46ClFN4O5Si. The molecule has 2 N–H and O–H groups in total. The number of benzene rings is 2. The van der Waals surface area contributed by atoms with Crippen molar-refractivity contribution in [2.24, 2.45) is 0 Å². The molecule has 1 aliphatic rings. The zero-order valence-corrected chi connectivity index (χ0v) is 31.3. The second-order valence-corrected chi connectivity index (χ2v) is 18.3. The first-order chi connectivity index (χ1) is 24.5. The van der Waals surface area contributed by atoms with E-state index in [2.05, 4.69) is 97.1 Å². The number of nitrogens with zero attached hydrogens (tertiary/aromatic N) is 2. The van der Waals surface area contributed by atoms with Crippen LogP contribution in [0.5, 0.6) is 0 Å². The fourth-order valence-electron chi connectivity index (χ4n) is 6.60. The Morgan fingerprint density at radius 3 is 2.31 bits per heavy atom. The van der Waals surface area contributed by atoms with E-state index in [1.54, 1.807) is 0 Å². The lowest BCUT2D eigenvalue weighted by Crippen LogP contribution is -2.68. The average molecular weight is 733 g/mol. The average Bonchev–Trinajstić information content (AvgIpc) is 3.13. The van der Waals surface area contributed by atoms with Gasteiger partial charge < -0.3 is 24.5 Å². The molecule has 0 aliphatic carbocycles. The third-order valence-electron chi connectivity index (χ3n) is 9.16. The number of halogens is 2. The molecule has 0 bridgehead atoms. The van der Waals surface area contributed by atoms with E-state index in [-0.39, 0.29) is 35.8 Å². The third-order valence-corrected chi connectivity index (χ3v) is 14.5. The summed E-state index contributed by atoms with van der Waals surface area (Å²) >= 11 is 6.04. The normalized spacial score (nSPS) is 14.2. The summed E-state index contributed by atoms with van der Waals surface area (Å²) in [6.45, 7) is 7.92. The van der Waals surface area contributed by atoms with Crippen LogP contribution in [0.3, 0.4) is 0 Å². The van der Waals surface area contributed by atoms with Gasteiger partial charge in [-0.3, -0.25) is 9.78 Å². The van der Waals surface area contributed by atoms with Crippen molar-refractivity contribution in [2.45, 2.75) is 70.1 Å². The number of carbonyl (C=O) groups is 2. The number of rotatable bonds is 15. The summed E-state index contributed by atoms with van der Waals surface area (Å²) in [5, 5.41) is 7.85. The van der Waals surface area contributed by atoms with Crippen molar-refractivity contribution in [3.63, 3.8) is 0 Å². The molecule has 2 aromatic carbocycles. The lowest BCUT2D eigenvalue weighted by Gasteiger charge is -2.45. The largest absolute Gasteiger partial charge is 0.467 e. The number of pyridine rings is 2. The first kappa shape index (κ1) is 38.1. The van der Waals surface area contributed by atoms with E-state index in [4.69, 9.17) is 30.5 Å². The monoisotopic (exact) mass is 732 g/mol. The van der Waals surface area contributed by atoms with Gasteiger partial charge in [0.25, 0.3) is 14.2 Å². The highest BCUT2D eigenvalue weighted by molar-refractivity contribution is 6.99. The number of nitrogens with one attached hydrogen (secondary N) is 2. The van der Waals surface area contributed by atoms with E-state index in [0.29, 0.717) is 12.8 Å². The number of carbonyl (C=O) groups excluding carboxylic acids is 2. The molecule has 12 heteroatoms. The highest BCUT2D eigenvalue weighted by atomic mass is 35.5. The Kier molecular flexibility index (Phi) is 13.0. The van der Waals surface area contributed by atoms with E-state index in [1.807, 2.05) is 12.1 Å². The van der Waals surface area contributed by atoms with Gasteiger partial charge in [0.05, 0.1) is 36.6 Å². The van der Waals surface area contributed by atoms with Gasteiger partial charge in [-0.05, 0) is 52.7 Å². The minimum Gasteiger partial charge on any atom is -0.467 e. The van der Waals surface area contributed by atoms with Crippen LogP contribution in [-0.2, 0) is 31.5 Å². The molecule has 0 saturated heterocycles. The third kappa shape index (κ3) is 9.20. The lowest BCUT2D eigenvalue weighted by atomic mass is 10.1. The Balaban J connectivity index is 1.38. The van der Waals surface area contributed by atoms with Crippen molar-refractivity contribution in [1.82, 2.24) is 15.3 Å². The Morgan fingerprint density at radius 1 is 1.00 bits per heavy atom. The molecule has 270 valence electrons. The van der Waals surface area contributed by atoms with Crippen molar-refractivity contribution in [3.8, 4) is 0 Å². The number of hydrogen-bond acceptors (Lipinski definition) is 8. The number of aromatic nitrogens is 2. The van der Waals surface area contributed by atoms with Gasteiger partial charge in [-0.25, -0.2) is 14.2 Å². The molecule has 0 radical (unpaired) electrons. The van der Waals surface area contributed by atoms with Crippen molar-refractivity contribution in [1.29, 1.82) is 0 Å². The molecule has 3 heterocycles. The molecule has 2 unspecified atom stereocenters. The quantitative estimate of drug-likeness (QED) is 0.0886. The molecule has 0 fully saturated rings. The number of esters is 1. The number of fused-ring (bicyclic) bond motifs is 1. The minimum absolute atomic E-state index is 0.0761. The van der Waals surface area contributed by atoms with E-state index in [1.165, 1.54) is 12.7 Å². The molecule has 0 spiro atoms. The Labute approximate surface area is 305 Å². The van der Waals surface area contributed by atoms with Crippen molar-refractivity contribution in [2.75, 3.05) is 32.2 Å². The van der Waals surface area contributed by atoms with Gasteiger partial charge in [0.15, 0.2) is 5.82 Å². The van der Waals surface area contributed by atoms with E-state index in [0.717, 1.165) is 53.7 Å². The van der Waals surface area contributed by atoms with Crippen LogP contribution in [0, 0.1) is 5.82 Å². The molecule has 1 aliphatic heterocycles. The predicted molar refractivity (Wildman–Crippen MR) is 200 cm³/mol. The molecular weight excluding hydrogens is 687 g/mol. The molecule has 0 saturated carbocycles. The summed E-state index contributed by atoms with van der Waals surface area (Å²) in [7, 11) is -1.72. The molecule has 1 amide bonds. The van der Waals surface area contributed by atoms with E-state index >= 15 is 0 Å². The molecule has 2 aromatic heterocycles. The fraction of sp³-hybridized carbons (Fsp3) is 0.385. The first-order valence-corrected chi connectivity index (χ1v) is 19.6. The number of ether oxygens (including phenoxy) is 2. The maximum Gasteiger partial charge on any atom is 0.328 e. The molecule has 5 rings (SSSR count). The van der Waals surface area contributed by atoms with Crippen LogP contribution in [0.4, 0.5) is 10.2 Å². The van der Waals surface area contributed by atoms with E-state index in [9.17, 15) is 14.0 Å². The van der Waals surface area contributed by atoms with Crippen molar-refractivity contribution < 1.29 is 27.9 Å². The smallest absolute Gasteiger partial charge is 0.328 e. The minimum atomic E-state index is -2.95. The van der Waals surface area contributed by atoms with Gasteiger partial charge in [-0.15, -0.1) is 0 Å². The predicted octanol–water partition coefficient (Wildman–Crippen LogP) is 5.88. The zero-order valence-electron chi connectivity index (χ0n) is 29.6. The van der Waals surface area contributed by atoms with Gasteiger partial charge in [-0.2, -0.15) is 0 Å². The van der Waals surface area contributed by atoms with Gasteiger partial charge in [0.2, 0.25) is 0 Å². The van der Waals surface area contributed by atoms with Gasteiger partial charge in [-0.1, -0.05) is 99.1 Å².